The fourth-order valence-electron chi connectivity index (χ4n) is 3.99. The molecule has 194 valence electrons. The van der Waals surface area contributed by atoms with Crippen LogP contribution < -0.4 is 15.0 Å². The first-order valence-corrected chi connectivity index (χ1v) is 13.2. The number of fused-ring (bicyclic) bond motifs is 3. The quantitative estimate of drug-likeness (QED) is 0.470. The summed E-state index contributed by atoms with van der Waals surface area (Å²) in [7, 11) is 1.67. The number of benzene rings is 1. The third-order valence-corrected chi connectivity index (χ3v) is 7.03. The van der Waals surface area contributed by atoms with Crippen molar-refractivity contribution in [2.45, 2.75) is 27.3 Å². The lowest BCUT2D eigenvalue weighted by Gasteiger charge is -2.30. The molecule has 2 aliphatic heterocycles. The van der Waals surface area contributed by atoms with Gasteiger partial charge in [0.05, 0.1) is 35.2 Å². The molecule has 3 aromatic rings. The normalized spacial score (nSPS) is 15.0. The van der Waals surface area contributed by atoms with E-state index in [-0.39, 0.29) is 23.8 Å². The van der Waals surface area contributed by atoms with Gasteiger partial charge >= 0.3 is 0 Å². The predicted octanol–water partition coefficient (Wildman–Crippen LogP) is 4.64. The molecule has 0 bridgehead atoms. The van der Waals surface area contributed by atoms with E-state index in [9.17, 15) is 9.59 Å². The van der Waals surface area contributed by atoms with Crippen LogP contribution in [0, 0.1) is 5.41 Å². The number of amides is 2. The lowest BCUT2D eigenvalue weighted by atomic mass is 9.99. The van der Waals surface area contributed by atoms with Gasteiger partial charge in [-0.2, -0.15) is 0 Å². The zero-order chi connectivity index (χ0) is 26.5. The molecule has 2 aliphatic rings. The molecule has 1 N–H and O–H groups in total. The number of aliphatic imine (C=N–C) groups is 1. The minimum Gasteiger partial charge on any atom is -0.490 e. The Morgan fingerprint density at radius 1 is 1.24 bits per heavy atom. The lowest BCUT2D eigenvalue weighted by Crippen LogP contribution is -2.48. The zero-order valence-electron chi connectivity index (χ0n) is 20.7. The number of anilines is 2. The van der Waals surface area contributed by atoms with E-state index >= 15 is 0 Å². The number of guanidine groups is 1. The van der Waals surface area contributed by atoms with Crippen molar-refractivity contribution in [1.29, 1.82) is 0 Å². The average Bonchev–Trinajstić information content (AvgIpc) is 3.56. The molecule has 0 atom stereocenters. The van der Waals surface area contributed by atoms with Crippen LogP contribution in [0.15, 0.2) is 28.8 Å². The summed E-state index contributed by atoms with van der Waals surface area (Å²) in [5.74, 6) is 0.947. The summed E-state index contributed by atoms with van der Waals surface area (Å²) in [5.41, 5.74) is 1.63. The van der Waals surface area contributed by atoms with Gasteiger partial charge in [0.15, 0.2) is 22.4 Å². The maximum absolute atomic E-state index is 12.9. The van der Waals surface area contributed by atoms with E-state index in [2.05, 4.69) is 41.0 Å². The van der Waals surface area contributed by atoms with Crippen LogP contribution in [0.2, 0.25) is 10.0 Å². The number of halogens is 2. The Labute approximate surface area is 227 Å². The van der Waals surface area contributed by atoms with Crippen LogP contribution in [0.3, 0.4) is 0 Å². The van der Waals surface area contributed by atoms with E-state index in [0.717, 1.165) is 0 Å². The molecule has 2 amide bonds. The molecule has 4 heterocycles. The number of thiazole rings is 1. The summed E-state index contributed by atoms with van der Waals surface area (Å²) in [6, 6.07) is 3.48. The third-order valence-electron chi connectivity index (χ3n) is 5.71. The molecule has 0 fully saturated rings. The standard InChI is InChI=1S/C24H25Cl2N7O3S/c1-24(2,3)11-36-19-14(25)7-13(8-15(19)26)16-10-37-22(29-16)30-17(34)9-32-12-28-20-18(32)21(35)31(4)23-27-5-6-33(20)23/h7-8,10,12H,5-6,9,11H2,1-4H3,(H,29,30,34). The van der Waals surface area contributed by atoms with Crippen LogP contribution in [-0.4, -0.2) is 64.0 Å². The molecule has 0 spiro atoms. The number of hydrogen-bond acceptors (Lipinski definition) is 8. The Morgan fingerprint density at radius 3 is 2.68 bits per heavy atom. The van der Waals surface area contributed by atoms with Crippen LogP contribution in [0.4, 0.5) is 10.9 Å². The van der Waals surface area contributed by atoms with Crippen LogP contribution in [0.1, 0.15) is 31.3 Å². The Balaban J connectivity index is 1.28. The highest BCUT2D eigenvalue weighted by molar-refractivity contribution is 7.14. The first-order valence-electron chi connectivity index (χ1n) is 11.5. The summed E-state index contributed by atoms with van der Waals surface area (Å²) in [4.78, 5) is 42.3. The zero-order valence-corrected chi connectivity index (χ0v) is 23.0. The second-order valence-corrected chi connectivity index (χ2v) is 11.6. The molecule has 10 nitrogen and oxygen atoms in total. The van der Waals surface area contributed by atoms with Gasteiger partial charge in [-0.15, -0.1) is 11.3 Å². The maximum Gasteiger partial charge on any atom is 0.280 e. The van der Waals surface area contributed by atoms with Gasteiger partial charge in [0.1, 0.15) is 6.54 Å². The molecule has 13 heteroatoms. The van der Waals surface area contributed by atoms with Gasteiger partial charge < -0.3 is 14.6 Å². The van der Waals surface area contributed by atoms with E-state index in [4.69, 9.17) is 27.9 Å². The maximum atomic E-state index is 12.9. The summed E-state index contributed by atoms with van der Waals surface area (Å²) in [5, 5.41) is 5.78. The Morgan fingerprint density at radius 2 is 1.97 bits per heavy atom. The number of rotatable bonds is 6. The molecule has 0 radical (unpaired) electrons. The van der Waals surface area contributed by atoms with Crippen molar-refractivity contribution in [3.63, 3.8) is 0 Å². The second kappa shape index (κ2) is 9.62. The molecule has 0 saturated heterocycles. The van der Waals surface area contributed by atoms with Gasteiger partial charge in [-0.3, -0.25) is 24.4 Å². The number of nitrogens with zero attached hydrogens (tertiary/aromatic N) is 6. The number of nitrogens with one attached hydrogen (secondary N) is 1. The van der Waals surface area contributed by atoms with Crippen LogP contribution in [0.25, 0.3) is 11.3 Å². The van der Waals surface area contributed by atoms with Gasteiger partial charge in [-0.1, -0.05) is 44.0 Å². The topological polar surface area (TPSA) is 105 Å². The first-order chi connectivity index (χ1) is 17.5. The summed E-state index contributed by atoms with van der Waals surface area (Å²) < 4.78 is 7.37. The lowest BCUT2D eigenvalue weighted by molar-refractivity contribution is -0.116. The smallest absolute Gasteiger partial charge is 0.280 e. The van der Waals surface area contributed by atoms with Gasteiger partial charge in [0.25, 0.3) is 5.91 Å². The average molecular weight is 562 g/mol. The number of ether oxygens (including phenoxy) is 1. The van der Waals surface area contributed by atoms with Crippen molar-refractivity contribution in [3.8, 4) is 17.0 Å². The number of carbonyl (C=O) groups excluding carboxylic acids is 2. The van der Waals surface area contributed by atoms with E-state index in [1.807, 2.05) is 4.90 Å². The van der Waals surface area contributed by atoms with E-state index < -0.39 is 0 Å². The Bertz CT molecular complexity index is 1400. The van der Waals surface area contributed by atoms with E-state index in [1.54, 1.807) is 29.1 Å². The molecule has 5 rings (SSSR count). The molecule has 0 aliphatic carbocycles. The third kappa shape index (κ3) is 5.03. The van der Waals surface area contributed by atoms with E-state index in [1.165, 1.54) is 22.6 Å². The minimum atomic E-state index is -0.334. The highest BCUT2D eigenvalue weighted by atomic mass is 35.5. The molecule has 37 heavy (non-hydrogen) atoms. The summed E-state index contributed by atoms with van der Waals surface area (Å²) in [6.45, 7) is 7.79. The molecule has 0 saturated carbocycles. The van der Waals surface area contributed by atoms with E-state index in [0.29, 0.717) is 69.4 Å². The molecule has 2 aromatic heterocycles. The van der Waals surface area contributed by atoms with Gasteiger partial charge in [0, 0.05) is 24.5 Å². The van der Waals surface area contributed by atoms with Gasteiger partial charge in [-0.05, 0) is 17.5 Å². The first kappa shape index (κ1) is 25.5. The molecular formula is C24H25Cl2N7O3S. The van der Waals surface area contributed by atoms with Crippen molar-refractivity contribution >= 4 is 63.3 Å². The molecular weight excluding hydrogens is 537 g/mol. The molecule has 1 aromatic carbocycles. The van der Waals surface area contributed by atoms with Gasteiger partial charge in [-0.25, -0.2) is 9.97 Å². The number of imidazole rings is 1. The fraction of sp³-hybridized carbons (Fsp3) is 0.375. The number of carbonyl (C=O) groups is 2. The molecule has 0 unspecified atom stereocenters. The highest BCUT2D eigenvalue weighted by Crippen LogP contribution is 2.39. The summed E-state index contributed by atoms with van der Waals surface area (Å²) >= 11 is 14.2. The minimum absolute atomic E-state index is 0.0437. The van der Waals surface area contributed by atoms with Crippen molar-refractivity contribution < 1.29 is 14.3 Å². The van der Waals surface area contributed by atoms with Crippen LogP contribution in [0.5, 0.6) is 5.75 Å². The van der Waals surface area contributed by atoms with Crippen molar-refractivity contribution in [2.24, 2.45) is 10.4 Å². The van der Waals surface area contributed by atoms with Crippen LogP contribution >= 0.6 is 34.5 Å². The number of hydrogen-bond donors (Lipinski definition) is 1. The van der Waals surface area contributed by atoms with Gasteiger partial charge in [0.2, 0.25) is 11.9 Å². The fourth-order valence-corrected chi connectivity index (χ4v) is 5.32. The van der Waals surface area contributed by atoms with Crippen molar-refractivity contribution in [1.82, 2.24) is 19.4 Å². The summed E-state index contributed by atoms with van der Waals surface area (Å²) in [6.07, 6.45) is 1.50. The Kier molecular flexibility index (Phi) is 6.63. The Hall–Kier alpha value is -3.15. The highest BCUT2D eigenvalue weighted by Gasteiger charge is 2.38. The predicted molar refractivity (Wildman–Crippen MR) is 145 cm³/mol. The van der Waals surface area contributed by atoms with Crippen molar-refractivity contribution in [3.05, 3.63) is 39.6 Å². The van der Waals surface area contributed by atoms with Crippen molar-refractivity contribution in [2.75, 3.05) is 37.0 Å². The SMILES string of the molecule is CN1C(=O)c2c(ncn2CC(=O)Nc2nc(-c3cc(Cl)c(OCC(C)(C)C)c(Cl)c3)cs2)N2CCN=C12. The monoisotopic (exact) mass is 561 g/mol. The second-order valence-electron chi connectivity index (χ2n) is 9.95. The largest absolute Gasteiger partial charge is 0.490 e. The number of aromatic nitrogens is 3. The van der Waals surface area contributed by atoms with Crippen LogP contribution in [-0.2, 0) is 11.3 Å².